The summed E-state index contributed by atoms with van der Waals surface area (Å²) in [6.45, 7) is 2.50. The van der Waals surface area contributed by atoms with Crippen molar-refractivity contribution in [2.45, 2.75) is 11.3 Å². The van der Waals surface area contributed by atoms with Crippen LogP contribution in [-0.2, 0) is 0 Å². The molecule has 1 N–H and O–H groups in total. The lowest BCUT2D eigenvalue weighted by molar-refractivity contribution is 0.146. The Hall–Kier alpha value is -2.20. The number of anilines is 2. The van der Waals surface area contributed by atoms with Crippen molar-refractivity contribution in [1.82, 2.24) is 15.0 Å². The molecular formula is C17H17F2N5OS2. The zero-order valence-electron chi connectivity index (χ0n) is 14.5. The lowest BCUT2D eigenvalue weighted by Gasteiger charge is -2.34. The fraction of sp³-hybridized carbons (Fsp3) is 0.353. The number of piperazine rings is 1. The van der Waals surface area contributed by atoms with Crippen LogP contribution in [0.15, 0.2) is 34.0 Å². The number of aromatic nitrogens is 3. The summed E-state index contributed by atoms with van der Waals surface area (Å²) in [6, 6.07) is 7.07. The van der Waals surface area contributed by atoms with Crippen LogP contribution in [-0.4, -0.2) is 47.4 Å². The smallest absolute Gasteiger partial charge is 0.280 e. The molecule has 0 saturated carbocycles. The minimum atomic E-state index is -2.76. The molecule has 1 aromatic carbocycles. The Morgan fingerprint density at radius 3 is 2.59 bits per heavy atom. The van der Waals surface area contributed by atoms with Gasteiger partial charge in [0.2, 0.25) is 5.95 Å². The summed E-state index contributed by atoms with van der Waals surface area (Å²) >= 11 is 3.35. The number of benzene rings is 1. The predicted molar refractivity (Wildman–Crippen MR) is 106 cm³/mol. The second kappa shape index (κ2) is 7.43. The van der Waals surface area contributed by atoms with Gasteiger partial charge in [0.25, 0.3) is 12.0 Å². The highest BCUT2D eigenvalue weighted by Gasteiger charge is 2.22. The minimum Gasteiger partial charge on any atom is -0.345 e. The van der Waals surface area contributed by atoms with E-state index in [2.05, 4.69) is 27.0 Å². The summed E-state index contributed by atoms with van der Waals surface area (Å²) in [5.41, 5.74) is -0.0775. The molecule has 0 amide bonds. The van der Waals surface area contributed by atoms with Gasteiger partial charge < -0.3 is 9.80 Å². The molecule has 0 aliphatic carbocycles. The molecule has 0 atom stereocenters. The summed E-state index contributed by atoms with van der Waals surface area (Å²) in [4.78, 5) is 28.0. The largest absolute Gasteiger partial charge is 0.345 e. The van der Waals surface area contributed by atoms with E-state index in [1.54, 1.807) is 23.1 Å². The second-order valence-corrected chi connectivity index (χ2v) is 7.99. The number of alkyl halides is 2. The average molecular weight is 409 g/mol. The number of fused-ring (bicyclic) bond motifs is 1. The fourth-order valence-electron chi connectivity index (χ4n) is 2.99. The summed E-state index contributed by atoms with van der Waals surface area (Å²) in [6.07, 6.45) is -0.717. The quantitative estimate of drug-likeness (QED) is 0.667. The molecule has 10 heteroatoms. The highest BCUT2D eigenvalue weighted by molar-refractivity contribution is 7.98. The van der Waals surface area contributed by atoms with Crippen molar-refractivity contribution in [1.29, 1.82) is 0 Å². The molecular weight excluding hydrogens is 392 g/mol. The van der Waals surface area contributed by atoms with E-state index in [0.717, 1.165) is 21.4 Å². The Kier molecular flexibility index (Phi) is 5.00. The summed E-state index contributed by atoms with van der Waals surface area (Å²) in [5.74, 6) is 0.200. The first-order valence-corrected chi connectivity index (χ1v) is 10.4. The van der Waals surface area contributed by atoms with Gasteiger partial charge in [-0.1, -0.05) is 11.3 Å². The molecule has 1 fully saturated rings. The maximum atomic E-state index is 12.9. The topological polar surface area (TPSA) is 65.1 Å². The molecule has 142 valence electrons. The number of nitrogens with zero attached hydrogens (tertiary/aromatic N) is 4. The molecule has 3 heterocycles. The van der Waals surface area contributed by atoms with Gasteiger partial charge in [0.1, 0.15) is 5.69 Å². The number of thiazole rings is 1. The molecule has 4 rings (SSSR count). The van der Waals surface area contributed by atoms with Gasteiger partial charge in [-0.05, 0) is 24.5 Å². The molecule has 2 aromatic heterocycles. The van der Waals surface area contributed by atoms with Crippen LogP contribution in [0.25, 0.3) is 10.2 Å². The van der Waals surface area contributed by atoms with Gasteiger partial charge in [0.05, 0.1) is 10.2 Å². The highest BCUT2D eigenvalue weighted by Crippen LogP contribution is 2.32. The standard InChI is InChI=1S/C17H17F2N5OS2/c1-26-10-2-3-11-13(8-10)27-17(21-11)24-6-4-23(5-7-24)16-20-12(15(18)19)9-14(25)22-16/h2-3,8-9,15H,4-7H2,1H3,(H,20,22,25). The minimum absolute atomic E-state index is 0.200. The monoisotopic (exact) mass is 409 g/mol. The van der Waals surface area contributed by atoms with Gasteiger partial charge in [-0.3, -0.25) is 9.78 Å². The zero-order valence-corrected chi connectivity index (χ0v) is 16.1. The van der Waals surface area contributed by atoms with E-state index in [-0.39, 0.29) is 5.95 Å². The zero-order chi connectivity index (χ0) is 19.0. The van der Waals surface area contributed by atoms with Gasteiger partial charge in [-0.15, -0.1) is 11.8 Å². The van der Waals surface area contributed by atoms with Crippen molar-refractivity contribution in [3.63, 3.8) is 0 Å². The van der Waals surface area contributed by atoms with Gasteiger partial charge in [-0.25, -0.2) is 18.7 Å². The average Bonchev–Trinajstić information content (AvgIpc) is 3.10. The van der Waals surface area contributed by atoms with Crippen LogP contribution in [0, 0.1) is 0 Å². The second-order valence-electron chi connectivity index (χ2n) is 6.10. The Labute approximate surface area is 162 Å². The van der Waals surface area contributed by atoms with Crippen molar-refractivity contribution < 1.29 is 8.78 Å². The summed E-state index contributed by atoms with van der Waals surface area (Å²) in [7, 11) is 0. The van der Waals surface area contributed by atoms with Crippen LogP contribution < -0.4 is 15.4 Å². The van der Waals surface area contributed by atoms with Crippen molar-refractivity contribution >= 4 is 44.4 Å². The molecule has 1 aliphatic rings. The van der Waals surface area contributed by atoms with Crippen LogP contribution in [0.3, 0.4) is 0 Å². The van der Waals surface area contributed by atoms with Gasteiger partial charge in [-0.2, -0.15) is 0 Å². The van der Waals surface area contributed by atoms with Crippen molar-refractivity contribution in [3.05, 3.63) is 40.3 Å². The predicted octanol–water partition coefficient (Wildman–Crippen LogP) is 3.37. The molecule has 1 aliphatic heterocycles. The van der Waals surface area contributed by atoms with E-state index < -0.39 is 17.7 Å². The Morgan fingerprint density at radius 2 is 1.89 bits per heavy atom. The number of nitrogens with one attached hydrogen (secondary N) is 1. The molecule has 0 spiro atoms. The Balaban J connectivity index is 1.50. The molecule has 3 aromatic rings. The summed E-state index contributed by atoms with van der Waals surface area (Å²) < 4.78 is 26.9. The van der Waals surface area contributed by atoms with Crippen molar-refractivity contribution in [3.8, 4) is 0 Å². The SMILES string of the molecule is CSc1ccc2nc(N3CCN(c4nc(C(F)F)cc(=O)[nH]4)CC3)sc2c1. The van der Waals surface area contributed by atoms with E-state index in [1.807, 2.05) is 17.2 Å². The maximum absolute atomic E-state index is 12.9. The van der Waals surface area contributed by atoms with Crippen molar-refractivity contribution in [2.75, 3.05) is 42.2 Å². The van der Waals surface area contributed by atoms with E-state index in [0.29, 0.717) is 26.2 Å². The lowest BCUT2D eigenvalue weighted by Crippen LogP contribution is -2.47. The first-order chi connectivity index (χ1) is 13.0. The van der Waals surface area contributed by atoms with Crippen LogP contribution in [0.1, 0.15) is 12.1 Å². The van der Waals surface area contributed by atoms with Crippen LogP contribution in [0.4, 0.5) is 19.9 Å². The molecule has 6 nitrogen and oxygen atoms in total. The van der Waals surface area contributed by atoms with E-state index in [1.165, 1.54) is 4.90 Å². The number of hydrogen-bond acceptors (Lipinski definition) is 7. The van der Waals surface area contributed by atoms with E-state index >= 15 is 0 Å². The van der Waals surface area contributed by atoms with Gasteiger partial charge >= 0.3 is 0 Å². The van der Waals surface area contributed by atoms with Gasteiger partial charge in [0.15, 0.2) is 5.13 Å². The molecule has 0 bridgehead atoms. The van der Waals surface area contributed by atoms with Crippen LogP contribution in [0.2, 0.25) is 0 Å². The number of rotatable bonds is 4. The third-order valence-electron chi connectivity index (χ3n) is 4.41. The number of aromatic amines is 1. The van der Waals surface area contributed by atoms with Gasteiger partial charge in [0, 0.05) is 37.1 Å². The summed E-state index contributed by atoms with van der Waals surface area (Å²) in [5, 5.41) is 0.950. The molecule has 0 unspecified atom stereocenters. The van der Waals surface area contributed by atoms with Crippen LogP contribution in [0.5, 0.6) is 0 Å². The van der Waals surface area contributed by atoms with Crippen molar-refractivity contribution in [2.24, 2.45) is 0 Å². The number of halogens is 2. The maximum Gasteiger partial charge on any atom is 0.280 e. The number of thioether (sulfide) groups is 1. The molecule has 0 radical (unpaired) electrons. The molecule has 27 heavy (non-hydrogen) atoms. The lowest BCUT2D eigenvalue weighted by atomic mass is 10.3. The third-order valence-corrected chi connectivity index (χ3v) is 6.21. The van der Waals surface area contributed by atoms with E-state index in [4.69, 9.17) is 4.98 Å². The molecule has 1 saturated heterocycles. The normalized spacial score (nSPS) is 15.1. The Morgan fingerprint density at radius 1 is 1.15 bits per heavy atom. The highest BCUT2D eigenvalue weighted by atomic mass is 32.2. The number of hydrogen-bond donors (Lipinski definition) is 1. The third kappa shape index (κ3) is 3.77. The first-order valence-electron chi connectivity index (χ1n) is 8.37. The first kappa shape index (κ1) is 18.2. The Bertz CT molecular complexity index is 1010. The van der Waals surface area contributed by atoms with E-state index in [9.17, 15) is 13.6 Å². The number of H-pyrrole nitrogens is 1. The van der Waals surface area contributed by atoms with Crippen LogP contribution >= 0.6 is 23.1 Å². The fourth-order valence-corrected chi connectivity index (χ4v) is 4.56.